The van der Waals surface area contributed by atoms with Crippen molar-refractivity contribution in [2.75, 3.05) is 6.54 Å². The molecular formula is C19H30N2O2. The second kappa shape index (κ2) is 10.0. The molecule has 0 radical (unpaired) electrons. The van der Waals surface area contributed by atoms with E-state index in [0.29, 0.717) is 19.4 Å². The maximum absolute atomic E-state index is 12.5. The van der Waals surface area contributed by atoms with Gasteiger partial charge in [0.1, 0.15) is 6.04 Å². The number of carbonyl (C=O) groups excluding carboxylic acids is 2. The summed E-state index contributed by atoms with van der Waals surface area (Å²) in [5, 5.41) is 3.01. The molecule has 0 aromatic heterocycles. The normalized spacial score (nSPS) is 13.2. The van der Waals surface area contributed by atoms with Crippen LogP contribution in [-0.2, 0) is 16.0 Å². The smallest absolute Gasteiger partial charge is 0.243 e. The summed E-state index contributed by atoms with van der Waals surface area (Å²) in [6.45, 7) is 8.40. The van der Waals surface area contributed by atoms with Crippen LogP contribution < -0.4 is 5.32 Å². The number of amides is 2. The van der Waals surface area contributed by atoms with Gasteiger partial charge in [-0.1, -0.05) is 51.1 Å². The number of carbonyl (C=O) groups is 2. The van der Waals surface area contributed by atoms with E-state index in [9.17, 15) is 9.59 Å². The minimum Gasteiger partial charge on any atom is -0.352 e. The van der Waals surface area contributed by atoms with Crippen LogP contribution in [0.3, 0.4) is 0 Å². The second-order valence-corrected chi connectivity index (χ2v) is 5.92. The lowest BCUT2D eigenvalue weighted by Crippen LogP contribution is -2.51. The summed E-state index contributed by atoms with van der Waals surface area (Å²) in [4.78, 5) is 26.6. The molecule has 0 bridgehead atoms. The SMILES string of the molecule is CCC(=O)N(CCc1ccccc1)[C@@H](CC)C(=O)N[C@H](C)CC. The fourth-order valence-electron chi connectivity index (χ4n) is 2.54. The van der Waals surface area contributed by atoms with Crippen molar-refractivity contribution in [2.24, 2.45) is 0 Å². The van der Waals surface area contributed by atoms with Crippen LogP contribution in [0.1, 0.15) is 52.5 Å². The molecule has 1 aromatic carbocycles. The molecule has 2 atom stereocenters. The van der Waals surface area contributed by atoms with Gasteiger partial charge < -0.3 is 10.2 Å². The molecule has 0 fully saturated rings. The maximum atomic E-state index is 12.5. The Labute approximate surface area is 140 Å². The van der Waals surface area contributed by atoms with Gasteiger partial charge in [-0.25, -0.2) is 0 Å². The van der Waals surface area contributed by atoms with Crippen molar-refractivity contribution < 1.29 is 9.59 Å². The van der Waals surface area contributed by atoms with Crippen LogP contribution in [0.15, 0.2) is 30.3 Å². The molecular weight excluding hydrogens is 288 g/mol. The standard InChI is InChI=1S/C19H30N2O2/c1-5-15(4)20-19(23)17(6-2)21(18(22)7-3)14-13-16-11-9-8-10-12-16/h8-12,15,17H,5-7,13-14H2,1-4H3,(H,20,23)/t15-,17+/m1/s1. The molecule has 0 aliphatic carbocycles. The van der Waals surface area contributed by atoms with Crippen LogP contribution in [0.2, 0.25) is 0 Å². The minimum atomic E-state index is -0.389. The van der Waals surface area contributed by atoms with Gasteiger partial charge in [0.15, 0.2) is 0 Å². The summed E-state index contributed by atoms with van der Waals surface area (Å²) in [7, 11) is 0. The molecule has 4 heteroatoms. The van der Waals surface area contributed by atoms with Crippen molar-refractivity contribution in [1.82, 2.24) is 10.2 Å². The predicted molar refractivity (Wildman–Crippen MR) is 94.1 cm³/mol. The molecule has 0 saturated carbocycles. The van der Waals surface area contributed by atoms with E-state index in [0.717, 1.165) is 12.8 Å². The Bertz CT molecular complexity index is 487. The molecule has 0 aliphatic heterocycles. The number of nitrogens with zero attached hydrogens (tertiary/aromatic N) is 1. The van der Waals surface area contributed by atoms with Gasteiger partial charge in [-0.2, -0.15) is 0 Å². The zero-order valence-corrected chi connectivity index (χ0v) is 14.8. The van der Waals surface area contributed by atoms with Gasteiger partial charge in [0, 0.05) is 19.0 Å². The Morgan fingerprint density at radius 1 is 1.09 bits per heavy atom. The summed E-state index contributed by atoms with van der Waals surface area (Å²) in [6, 6.07) is 9.81. The number of hydrogen-bond donors (Lipinski definition) is 1. The Kier molecular flexibility index (Phi) is 8.38. The van der Waals surface area contributed by atoms with Gasteiger partial charge in [0.05, 0.1) is 0 Å². The van der Waals surface area contributed by atoms with Crippen LogP contribution in [0.4, 0.5) is 0 Å². The highest BCUT2D eigenvalue weighted by molar-refractivity contribution is 5.87. The molecule has 1 N–H and O–H groups in total. The van der Waals surface area contributed by atoms with Crippen molar-refractivity contribution in [1.29, 1.82) is 0 Å². The first kappa shape index (κ1) is 19.2. The van der Waals surface area contributed by atoms with E-state index < -0.39 is 0 Å². The van der Waals surface area contributed by atoms with E-state index in [4.69, 9.17) is 0 Å². The van der Waals surface area contributed by atoms with Crippen LogP contribution in [0.5, 0.6) is 0 Å². The van der Waals surface area contributed by atoms with E-state index in [2.05, 4.69) is 17.4 Å². The molecule has 4 nitrogen and oxygen atoms in total. The summed E-state index contributed by atoms with van der Waals surface area (Å²) < 4.78 is 0. The van der Waals surface area contributed by atoms with E-state index in [1.807, 2.05) is 45.9 Å². The van der Waals surface area contributed by atoms with Gasteiger partial charge in [-0.3, -0.25) is 9.59 Å². The number of benzene rings is 1. The molecule has 0 aliphatic rings. The van der Waals surface area contributed by atoms with E-state index in [1.165, 1.54) is 5.56 Å². The molecule has 0 saturated heterocycles. The first-order valence-corrected chi connectivity index (χ1v) is 8.67. The molecule has 1 rings (SSSR count). The fraction of sp³-hybridized carbons (Fsp3) is 0.579. The van der Waals surface area contributed by atoms with Crippen LogP contribution in [0.25, 0.3) is 0 Å². The van der Waals surface area contributed by atoms with E-state index in [1.54, 1.807) is 4.90 Å². The van der Waals surface area contributed by atoms with E-state index in [-0.39, 0.29) is 23.9 Å². The third kappa shape index (κ3) is 6.05. The average Bonchev–Trinajstić information content (AvgIpc) is 2.58. The molecule has 0 unspecified atom stereocenters. The van der Waals surface area contributed by atoms with Gasteiger partial charge in [0.2, 0.25) is 11.8 Å². The fourth-order valence-corrected chi connectivity index (χ4v) is 2.54. The number of rotatable bonds is 9. The van der Waals surface area contributed by atoms with Crippen molar-refractivity contribution >= 4 is 11.8 Å². The highest BCUT2D eigenvalue weighted by Crippen LogP contribution is 2.11. The Hall–Kier alpha value is -1.84. The monoisotopic (exact) mass is 318 g/mol. The van der Waals surface area contributed by atoms with Crippen molar-refractivity contribution in [3.05, 3.63) is 35.9 Å². The number of nitrogens with one attached hydrogen (secondary N) is 1. The lowest BCUT2D eigenvalue weighted by molar-refractivity contribution is -0.140. The van der Waals surface area contributed by atoms with Crippen LogP contribution >= 0.6 is 0 Å². The minimum absolute atomic E-state index is 0.0343. The van der Waals surface area contributed by atoms with Gasteiger partial charge in [-0.15, -0.1) is 0 Å². The Morgan fingerprint density at radius 2 is 1.74 bits per heavy atom. The largest absolute Gasteiger partial charge is 0.352 e. The van der Waals surface area contributed by atoms with Crippen LogP contribution in [0, 0.1) is 0 Å². The predicted octanol–water partition coefficient (Wildman–Crippen LogP) is 3.16. The molecule has 23 heavy (non-hydrogen) atoms. The van der Waals surface area contributed by atoms with Gasteiger partial charge >= 0.3 is 0 Å². The third-order valence-corrected chi connectivity index (χ3v) is 4.17. The molecule has 0 heterocycles. The van der Waals surface area contributed by atoms with Crippen molar-refractivity contribution in [3.63, 3.8) is 0 Å². The summed E-state index contributed by atoms with van der Waals surface area (Å²) in [5.74, 6) is -0.0104. The third-order valence-electron chi connectivity index (χ3n) is 4.17. The Balaban J connectivity index is 2.81. The topological polar surface area (TPSA) is 49.4 Å². The van der Waals surface area contributed by atoms with Crippen LogP contribution in [-0.4, -0.2) is 35.3 Å². The summed E-state index contributed by atoms with van der Waals surface area (Å²) in [5.41, 5.74) is 1.18. The lowest BCUT2D eigenvalue weighted by Gasteiger charge is -2.31. The lowest BCUT2D eigenvalue weighted by atomic mass is 10.1. The first-order chi connectivity index (χ1) is 11.0. The van der Waals surface area contributed by atoms with E-state index >= 15 is 0 Å². The Morgan fingerprint density at radius 3 is 2.26 bits per heavy atom. The zero-order chi connectivity index (χ0) is 17.2. The van der Waals surface area contributed by atoms with Gasteiger partial charge in [0.25, 0.3) is 0 Å². The molecule has 0 spiro atoms. The van der Waals surface area contributed by atoms with Gasteiger partial charge in [-0.05, 0) is 31.7 Å². The summed E-state index contributed by atoms with van der Waals surface area (Å²) in [6.07, 6.45) is 2.69. The first-order valence-electron chi connectivity index (χ1n) is 8.67. The highest BCUT2D eigenvalue weighted by atomic mass is 16.2. The molecule has 128 valence electrons. The zero-order valence-electron chi connectivity index (χ0n) is 14.8. The second-order valence-electron chi connectivity index (χ2n) is 5.92. The molecule has 2 amide bonds. The highest BCUT2D eigenvalue weighted by Gasteiger charge is 2.27. The van der Waals surface area contributed by atoms with Crippen molar-refractivity contribution in [3.8, 4) is 0 Å². The van der Waals surface area contributed by atoms with Crippen molar-refractivity contribution in [2.45, 2.75) is 65.5 Å². The summed E-state index contributed by atoms with van der Waals surface area (Å²) >= 11 is 0. The molecule has 1 aromatic rings. The quantitative estimate of drug-likeness (QED) is 0.760. The maximum Gasteiger partial charge on any atom is 0.243 e. The number of hydrogen-bond acceptors (Lipinski definition) is 2. The average molecular weight is 318 g/mol.